The van der Waals surface area contributed by atoms with Gasteiger partial charge in [-0.3, -0.25) is 0 Å². The zero-order valence-corrected chi connectivity index (χ0v) is 7.11. The van der Waals surface area contributed by atoms with Gasteiger partial charge in [0.2, 0.25) is 0 Å². The second-order valence-electron chi connectivity index (χ2n) is 2.33. The summed E-state index contributed by atoms with van der Waals surface area (Å²) in [5.74, 6) is -3.78. The minimum Gasteiger partial charge on any atom is -0.478 e. The van der Waals surface area contributed by atoms with Crippen LogP contribution in [0.3, 0.4) is 0 Å². The van der Waals surface area contributed by atoms with Crippen LogP contribution < -0.4 is 0 Å². The predicted octanol–water partition coefficient (Wildman–Crippen LogP) is 2.40. The van der Waals surface area contributed by atoms with Crippen molar-refractivity contribution in [3.05, 3.63) is 34.9 Å². The molecule has 0 fully saturated rings. The number of carboxylic acid groups (broad SMARTS) is 1. The largest absolute Gasteiger partial charge is 0.478 e. The maximum atomic E-state index is 13.1. The zero-order chi connectivity index (χ0) is 10.0. The number of benzene rings is 1. The van der Waals surface area contributed by atoms with Crippen LogP contribution in [0.4, 0.5) is 8.78 Å². The summed E-state index contributed by atoms with van der Waals surface area (Å²) in [6.07, 6.45) is 0. The molecule has 1 N–H and O–H groups in total. The first-order valence-electron chi connectivity index (χ1n) is 3.34. The molecular weight excluding hydrogens is 202 g/mol. The highest BCUT2D eigenvalue weighted by molar-refractivity contribution is 6.17. The molecule has 0 aliphatic rings. The minimum absolute atomic E-state index is 0.390. The molecule has 0 saturated carbocycles. The van der Waals surface area contributed by atoms with Gasteiger partial charge in [-0.05, 0) is 12.1 Å². The normalized spacial score (nSPS) is 10.1. The number of alkyl halides is 1. The number of carbonyl (C=O) groups is 1. The third-order valence-electron chi connectivity index (χ3n) is 1.55. The van der Waals surface area contributed by atoms with Crippen LogP contribution in [-0.2, 0) is 5.88 Å². The molecule has 70 valence electrons. The van der Waals surface area contributed by atoms with Gasteiger partial charge in [0.05, 0.1) is 11.4 Å². The molecule has 0 bridgehead atoms. The van der Waals surface area contributed by atoms with Crippen molar-refractivity contribution in [1.29, 1.82) is 0 Å². The standard InChI is InChI=1S/C8H5ClF2O2/c9-3-5-6(10)2-1-4(7(5)11)8(12)13/h1-2H,3H2,(H,12,13). The molecule has 1 aromatic carbocycles. The van der Waals surface area contributed by atoms with Gasteiger partial charge in [-0.25, -0.2) is 13.6 Å². The van der Waals surface area contributed by atoms with E-state index in [1.807, 2.05) is 0 Å². The maximum Gasteiger partial charge on any atom is 0.338 e. The molecule has 1 aromatic rings. The van der Waals surface area contributed by atoms with Gasteiger partial charge in [-0.2, -0.15) is 0 Å². The van der Waals surface area contributed by atoms with Crippen LogP contribution in [0.5, 0.6) is 0 Å². The van der Waals surface area contributed by atoms with E-state index >= 15 is 0 Å². The lowest BCUT2D eigenvalue weighted by Gasteiger charge is -2.03. The van der Waals surface area contributed by atoms with E-state index in [-0.39, 0.29) is 0 Å². The van der Waals surface area contributed by atoms with Crippen molar-refractivity contribution in [2.24, 2.45) is 0 Å². The highest BCUT2D eigenvalue weighted by Gasteiger charge is 2.16. The fourth-order valence-electron chi connectivity index (χ4n) is 0.885. The van der Waals surface area contributed by atoms with Gasteiger partial charge in [0, 0.05) is 5.56 Å². The zero-order valence-electron chi connectivity index (χ0n) is 6.35. The van der Waals surface area contributed by atoms with Crippen molar-refractivity contribution >= 4 is 17.6 Å². The molecule has 0 unspecified atom stereocenters. The minimum atomic E-state index is -1.44. The van der Waals surface area contributed by atoms with Gasteiger partial charge < -0.3 is 5.11 Å². The maximum absolute atomic E-state index is 13.1. The van der Waals surface area contributed by atoms with Crippen LogP contribution in [0.1, 0.15) is 15.9 Å². The van der Waals surface area contributed by atoms with E-state index in [2.05, 4.69) is 0 Å². The van der Waals surface area contributed by atoms with Gasteiger partial charge in [0.25, 0.3) is 0 Å². The Labute approximate surface area is 77.8 Å². The third kappa shape index (κ3) is 1.78. The molecule has 0 aliphatic carbocycles. The molecule has 2 nitrogen and oxygen atoms in total. The van der Waals surface area contributed by atoms with Gasteiger partial charge in [-0.1, -0.05) is 0 Å². The highest BCUT2D eigenvalue weighted by atomic mass is 35.5. The Bertz CT molecular complexity index is 352. The molecule has 0 aliphatic heterocycles. The summed E-state index contributed by atoms with van der Waals surface area (Å²) in [6.45, 7) is 0. The summed E-state index contributed by atoms with van der Waals surface area (Å²) >= 11 is 5.24. The van der Waals surface area contributed by atoms with E-state index in [1.54, 1.807) is 0 Å². The Balaban J connectivity index is 3.35. The molecule has 0 atom stereocenters. The Morgan fingerprint density at radius 2 is 2.08 bits per heavy atom. The molecule has 0 radical (unpaired) electrons. The van der Waals surface area contributed by atoms with Crippen molar-refractivity contribution in [1.82, 2.24) is 0 Å². The van der Waals surface area contributed by atoms with Crippen molar-refractivity contribution in [2.45, 2.75) is 5.88 Å². The average molecular weight is 207 g/mol. The summed E-state index contributed by atoms with van der Waals surface area (Å²) < 4.78 is 25.9. The fourth-order valence-corrected chi connectivity index (χ4v) is 1.13. The van der Waals surface area contributed by atoms with E-state index in [0.29, 0.717) is 0 Å². The van der Waals surface area contributed by atoms with Crippen LogP contribution in [-0.4, -0.2) is 11.1 Å². The van der Waals surface area contributed by atoms with Gasteiger partial charge in [0.1, 0.15) is 11.6 Å². The van der Waals surface area contributed by atoms with Gasteiger partial charge in [-0.15, -0.1) is 11.6 Å². The SMILES string of the molecule is O=C(O)c1ccc(F)c(CCl)c1F. The molecule has 0 aromatic heterocycles. The van der Waals surface area contributed by atoms with E-state index in [1.165, 1.54) is 0 Å². The second kappa shape index (κ2) is 3.70. The average Bonchev–Trinajstić information content (AvgIpc) is 2.04. The Kier molecular flexibility index (Phi) is 2.83. The Morgan fingerprint density at radius 3 is 2.54 bits per heavy atom. The Hall–Kier alpha value is -1.16. The number of rotatable bonds is 2. The number of halogens is 3. The van der Waals surface area contributed by atoms with E-state index < -0.39 is 34.6 Å². The lowest BCUT2D eigenvalue weighted by atomic mass is 10.1. The van der Waals surface area contributed by atoms with Crippen LogP contribution in [0.2, 0.25) is 0 Å². The van der Waals surface area contributed by atoms with Crippen molar-refractivity contribution < 1.29 is 18.7 Å². The van der Waals surface area contributed by atoms with Crippen LogP contribution in [0, 0.1) is 11.6 Å². The molecule has 0 spiro atoms. The summed E-state index contributed by atoms with van der Waals surface area (Å²) in [7, 11) is 0. The topological polar surface area (TPSA) is 37.3 Å². The number of hydrogen-bond acceptors (Lipinski definition) is 1. The van der Waals surface area contributed by atoms with E-state index in [9.17, 15) is 13.6 Å². The van der Waals surface area contributed by atoms with Crippen molar-refractivity contribution in [3.63, 3.8) is 0 Å². The molecule has 13 heavy (non-hydrogen) atoms. The lowest BCUT2D eigenvalue weighted by molar-refractivity contribution is 0.0691. The van der Waals surface area contributed by atoms with Gasteiger partial charge >= 0.3 is 5.97 Å². The summed E-state index contributed by atoms with van der Waals surface area (Å²) in [5, 5.41) is 8.47. The first-order valence-corrected chi connectivity index (χ1v) is 3.87. The number of carboxylic acids is 1. The monoisotopic (exact) mass is 206 g/mol. The lowest BCUT2D eigenvalue weighted by Crippen LogP contribution is -2.04. The van der Waals surface area contributed by atoms with Crippen molar-refractivity contribution in [2.75, 3.05) is 0 Å². The predicted molar refractivity (Wildman–Crippen MR) is 42.9 cm³/mol. The third-order valence-corrected chi connectivity index (χ3v) is 1.82. The molecule has 0 amide bonds. The fraction of sp³-hybridized carbons (Fsp3) is 0.125. The number of hydrogen-bond donors (Lipinski definition) is 1. The highest BCUT2D eigenvalue weighted by Crippen LogP contribution is 2.18. The molecular formula is C8H5ClF2O2. The van der Waals surface area contributed by atoms with Crippen LogP contribution >= 0.6 is 11.6 Å². The summed E-state index contributed by atoms with van der Waals surface area (Å²) in [6, 6.07) is 1.74. The van der Waals surface area contributed by atoms with Crippen LogP contribution in [0.25, 0.3) is 0 Å². The van der Waals surface area contributed by atoms with E-state index in [0.717, 1.165) is 12.1 Å². The number of aromatic carboxylic acids is 1. The first kappa shape index (κ1) is 9.92. The van der Waals surface area contributed by atoms with E-state index in [4.69, 9.17) is 16.7 Å². The first-order chi connectivity index (χ1) is 6.07. The smallest absolute Gasteiger partial charge is 0.338 e. The van der Waals surface area contributed by atoms with Crippen molar-refractivity contribution in [3.8, 4) is 0 Å². The molecule has 5 heteroatoms. The Morgan fingerprint density at radius 1 is 1.46 bits per heavy atom. The molecule has 1 rings (SSSR count). The van der Waals surface area contributed by atoms with Crippen LogP contribution in [0.15, 0.2) is 12.1 Å². The summed E-state index contributed by atoms with van der Waals surface area (Å²) in [5.41, 5.74) is -0.987. The van der Waals surface area contributed by atoms with Gasteiger partial charge in [0.15, 0.2) is 0 Å². The molecule has 0 saturated heterocycles. The summed E-state index contributed by atoms with van der Waals surface area (Å²) in [4.78, 5) is 10.4. The molecule has 0 heterocycles. The second-order valence-corrected chi connectivity index (χ2v) is 2.59. The quantitative estimate of drug-likeness (QED) is 0.755.